The van der Waals surface area contributed by atoms with Gasteiger partial charge in [0.1, 0.15) is 12.9 Å². The predicted octanol–water partition coefficient (Wildman–Crippen LogP) is 4.18. The van der Waals surface area contributed by atoms with Crippen LogP contribution in [-0.2, 0) is 4.84 Å². The number of anilines is 2. The molecule has 2 heterocycles. The van der Waals surface area contributed by atoms with Crippen molar-refractivity contribution in [3.63, 3.8) is 0 Å². The summed E-state index contributed by atoms with van der Waals surface area (Å²) in [6, 6.07) is 14.0. The lowest BCUT2D eigenvalue weighted by molar-refractivity contribution is 0.204. The molecule has 6 nitrogen and oxygen atoms in total. The summed E-state index contributed by atoms with van der Waals surface area (Å²) in [5.41, 5.74) is 2.78. The van der Waals surface area contributed by atoms with Crippen LogP contribution in [0.5, 0.6) is 0 Å². The molecule has 1 N–H and O–H groups in total. The maximum atomic E-state index is 13.2. The van der Waals surface area contributed by atoms with Crippen LogP contribution in [0.4, 0.5) is 15.8 Å². The van der Waals surface area contributed by atoms with Gasteiger partial charge in [-0.2, -0.15) is 0 Å². The molecule has 0 unspecified atom stereocenters. The van der Waals surface area contributed by atoms with Gasteiger partial charge in [0.2, 0.25) is 5.96 Å². The number of aromatic nitrogens is 1. The molecule has 2 aromatic carbocycles. The predicted molar refractivity (Wildman–Crippen MR) is 115 cm³/mol. The van der Waals surface area contributed by atoms with Crippen molar-refractivity contribution in [3.05, 3.63) is 65.6 Å². The highest BCUT2D eigenvalue weighted by molar-refractivity contribution is 6.31. The van der Waals surface area contributed by atoms with E-state index in [0.717, 1.165) is 48.5 Å². The molecule has 0 aliphatic carbocycles. The minimum Gasteiger partial charge on any atom is -0.396 e. The van der Waals surface area contributed by atoms with Crippen molar-refractivity contribution in [3.8, 4) is 0 Å². The van der Waals surface area contributed by atoms with Crippen LogP contribution in [0.25, 0.3) is 10.9 Å². The summed E-state index contributed by atoms with van der Waals surface area (Å²) in [6.07, 6.45) is 1.81. The van der Waals surface area contributed by atoms with Crippen molar-refractivity contribution in [1.29, 1.82) is 0 Å². The van der Waals surface area contributed by atoms with Crippen molar-refractivity contribution < 1.29 is 9.23 Å². The molecule has 0 atom stereocenters. The van der Waals surface area contributed by atoms with Gasteiger partial charge in [-0.05, 0) is 53.7 Å². The monoisotopic (exact) mass is 413 g/mol. The zero-order chi connectivity index (χ0) is 20.2. The first kappa shape index (κ1) is 19.3. The highest BCUT2D eigenvalue weighted by Gasteiger charge is 2.22. The van der Waals surface area contributed by atoms with Crippen LogP contribution in [0, 0.1) is 5.82 Å². The maximum Gasteiger partial charge on any atom is 0.240 e. The van der Waals surface area contributed by atoms with Gasteiger partial charge < -0.3 is 20.0 Å². The number of benzene rings is 2. The summed E-state index contributed by atoms with van der Waals surface area (Å²) < 4.78 is 13.2. The van der Waals surface area contributed by atoms with Gasteiger partial charge in [0, 0.05) is 54.2 Å². The summed E-state index contributed by atoms with van der Waals surface area (Å²) in [5, 5.41) is 9.09. The minimum atomic E-state index is -0.278. The fraction of sp³-hybridized carbons (Fsp3) is 0.238. The normalized spacial score (nSPS) is 14.9. The van der Waals surface area contributed by atoms with E-state index in [1.54, 1.807) is 12.1 Å². The Balaban J connectivity index is 1.48. The van der Waals surface area contributed by atoms with Gasteiger partial charge in [0.15, 0.2) is 0 Å². The Morgan fingerprint density at radius 2 is 1.86 bits per heavy atom. The van der Waals surface area contributed by atoms with Crippen LogP contribution in [-0.4, -0.2) is 49.1 Å². The Hall–Kier alpha value is -3.06. The molecule has 29 heavy (non-hydrogen) atoms. The van der Waals surface area contributed by atoms with E-state index in [-0.39, 0.29) is 5.82 Å². The number of rotatable bonds is 3. The van der Waals surface area contributed by atoms with Crippen molar-refractivity contribution in [1.82, 2.24) is 9.88 Å². The lowest BCUT2D eigenvalue weighted by Crippen LogP contribution is -2.50. The van der Waals surface area contributed by atoms with Crippen LogP contribution in [0.3, 0.4) is 0 Å². The van der Waals surface area contributed by atoms with Gasteiger partial charge in [0.25, 0.3) is 0 Å². The molecular weight excluding hydrogens is 393 g/mol. The fourth-order valence-corrected chi connectivity index (χ4v) is 3.62. The summed E-state index contributed by atoms with van der Waals surface area (Å²) in [6.45, 7) is 3.15. The average molecular weight is 414 g/mol. The van der Waals surface area contributed by atoms with Crippen molar-refractivity contribution in [2.24, 2.45) is 5.16 Å². The number of halogens is 2. The lowest BCUT2D eigenvalue weighted by atomic mass is 10.1. The smallest absolute Gasteiger partial charge is 0.240 e. The first-order valence-corrected chi connectivity index (χ1v) is 9.70. The second kappa shape index (κ2) is 8.53. The van der Waals surface area contributed by atoms with Crippen LogP contribution in [0.2, 0.25) is 5.02 Å². The van der Waals surface area contributed by atoms with Crippen LogP contribution in [0.1, 0.15) is 0 Å². The number of hydrogen-bond acceptors (Lipinski definition) is 4. The van der Waals surface area contributed by atoms with Gasteiger partial charge in [-0.3, -0.25) is 4.98 Å². The van der Waals surface area contributed by atoms with E-state index in [0.29, 0.717) is 11.0 Å². The molecule has 4 rings (SSSR count). The molecule has 1 aromatic heterocycles. The zero-order valence-electron chi connectivity index (χ0n) is 16.0. The van der Waals surface area contributed by atoms with E-state index < -0.39 is 0 Å². The molecular formula is C21H21ClFN5O. The number of pyridine rings is 1. The number of oxime groups is 1. The Kier molecular flexibility index (Phi) is 5.67. The zero-order valence-corrected chi connectivity index (χ0v) is 16.7. The standard InChI is InChI=1S/C21H21ClFN5O/c1-29-26-21(25-17-5-3-16(23)4-6-17)28-12-10-27(11-13-28)20-8-9-24-19-14-15(22)2-7-18(19)20/h2-9,14H,10-13H2,1H3,(H,25,26). The molecule has 3 aromatic rings. The quantitative estimate of drug-likeness (QED) is 0.396. The Labute approximate surface area is 173 Å². The maximum absolute atomic E-state index is 13.2. The fourth-order valence-electron chi connectivity index (χ4n) is 3.45. The van der Waals surface area contributed by atoms with Crippen molar-refractivity contribution >= 4 is 39.8 Å². The first-order valence-electron chi connectivity index (χ1n) is 9.32. The first-order chi connectivity index (χ1) is 14.1. The molecule has 0 amide bonds. The average Bonchev–Trinajstić information content (AvgIpc) is 2.74. The molecule has 0 saturated carbocycles. The van der Waals surface area contributed by atoms with E-state index in [4.69, 9.17) is 16.4 Å². The molecule has 1 saturated heterocycles. The van der Waals surface area contributed by atoms with E-state index >= 15 is 0 Å². The Bertz CT molecular complexity index is 1020. The third-order valence-corrected chi connectivity index (χ3v) is 5.11. The van der Waals surface area contributed by atoms with Gasteiger partial charge in [-0.25, -0.2) is 4.39 Å². The van der Waals surface area contributed by atoms with Crippen LogP contribution in [0.15, 0.2) is 59.9 Å². The van der Waals surface area contributed by atoms with Crippen LogP contribution < -0.4 is 10.2 Å². The molecule has 1 aliphatic rings. The molecule has 0 radical (unpaired) electrons. The van der Waals surface area contributed by atoms with E-state index in [2.05, 4.69) is 25.3 Å². The molecule has 150 valence electrons. The van der Waals surface area contributed by atoms with Crippen LogP contribution >= 0.6 is 11.6 Å². The largest absolute Gasteiger partial charge is 0.396 e. The second-order valence-corrected chi connectivity index (χ2v) is 7.13. The second-order valence-electron chi connectivity index (χ2n) is 6.70. The van der Waals surface area contributed by atoms with Gasteiger partial charge >= 0.3 is 0 Å². The van der Waals surface area contributed by atoms with Gasteiger partial charge in [-0.1, -0.05) is 11.6 Å². The van der Waals surface area contributed by atoms with Crippen molar-refractivity contribution in [2.75, 3.05) is 43.5 Å². The number of guanidine groups is 1. The highest BCUT2D eigenvalue weighted by atomic mass is 35.5. The number of nitrogens with one attached hydrogen (secondary N) is 1. The van der Waals surface area contributed by atoms with Crippen molar-refractivity contribution in [2.45, 2.75) is 0 Å². The number of fused-ring (bicyclic) bond motifs is 1. The SMILES string of the molecule is CO/N=C(\Nc1ccc(F)cc1)N1CCN(c2ccnc3cc(Cl)ccc23)CC1. The molecule has 0 spiro atoms. The molecule has 1 fully saturated rings. The topological polar surface area (TPSA) is 53.0 Å². The lowest BCUT2D eigenvalue weighted by Gasteiger charge is -2.37. The third-order valence-electron chi connectivity index (χ3n) is 4.88. The van der Waals surface area contributed by atoms with E-state index in [1.807, 2.05) is 30.5 Å². The number of piperazine rings is 1. The summed E-state index contributed by atoms with van der Waals surface area (Å²) in [7, 11) is 1.51. The van der Waals surface area contributed by atoms with Gasteiger partial charge in [-0.15, -0.1) is 0 Å². The van der Waals surface area contributed by atoms with E-state index in [1.165, 1.54) is 19.2 Å². The Morgan fingerprint density at radius 3 is 2.59 bits per heavy atom. The van der Waals surface area contributed by atoms with Gasteiger partial charge in [0.05, 0.1) is 5.52 Å². The van der Waals surface area contributed by atoms with E-state index in [9.17, 15) is 4.39 Å². The number of hydrogen-bond donors (Lipinski definition) is 1. The number of nitrogens with zero attached hydrogens (tertiary/aromatic N) is 4. The molecule has 0 bridgehead atoms. The molecule has 8 heteroatoms. The minimum absolute atomic E-state index is 0.278. The molecule has 1 aliphatic heterocycles. The third kappa shape index (κ3) is 4.35. The summed E-state index contributed by atoms with van der Waals surface area (Å²) >= 11 is 6.10. The summed E-state index contributed by atoms with van der Waals surface area (Å²) in [4.78, 5) is 13.9. The highest BCUT2D eigenvalue weighted by Crippen LogP contribution is 2.28. The Morgan fingerprint density at radius 1 is 1.10 bits per heavy atom. The summed E-state index contributed by atoms with van der Waals surface area (Å²) in [5.74, 6) is 0.324.